The molecule has 19 heavy (non-hydrogen) atoms. The van der Waals surface area contributed by atoms with Crippen LogP contribution >= 0.6 is 0 Å². The van der Waals surface area contributed by atoms with Crippen molar-refractivity contribution < 1.29 is 9.84 Å². The van der Waals surface area contributed by atoms with E-state index in [0.29, 0.717) is 5.75 Å². The molecule has 4 heteroatoms. The second kappa shape index (κ2) is 6.94. The molecule has 2 rings (SSSR count). The Bertz CT molecular complexity index is 383. The van der Waals surface area contributed by atoms with Crippen LogP contribution in [0.15, 0.2) is 6.20 Å². The molecule has 0 radical (unpaired) electrons. The van der Waals surface area contributed by atoms with Crippen LogP contribution in [0, 0.1) is 5.92 Å². The van der Waals surface area contributed by atoms with Gasteiger partial charge in [-0.2, -0.15) is 5.10 Å². The molecule has 1 aromatic rings. The summed E-state index contributed by atoms with van der Waals surface area (Å²) in [5.41, 5.74) is 0.849. The molecule has 1 saturated carbocycles. The summed E-state index contributed by atoms with van der Waals surface area (Å²) in [6.07, 6.45) is 9.57. The van der Waals surface area contributed by atoms with E-state index in [4.69, 9.17) is 4.74 Å². The van der Waals surface area contributed by atoms with Crippen molar-refractivity contribution in [3.8, 4) is 5.75 Å². The summed E-state index contributed by atoms with van der Waals surface area (Å²) >= 11 is 0. The number of methoxy groups -OCH3 is 1. The zero-order chi connectivity index (χ0) is 13.7. The van der Waals surface area contributed by atoms with Crippen LogP contribution in [0.1, 0.15) is 63.7 Å². The predicted octanol–water partition coefficient (Wildman–Crippen LogP) is 3.31. The number of aromatic nitrogens is 2. The highest BCUT2D eigenvalue weighted by molar-refractivity contribution is 5.27. The fourth-order valence-electron chi connectivity index (χ4n) is 3.09. The highest BCUT2D eigenvalue weighted by Crippen LogP contribution is 2.33. The summed E-state index contributed by atoms with van der Waals surface area (Å²) in [5.74, 6) is 1.52. The van der Waals surface area contributed by atoms with Gasteiger partial charge in [-0.15, -0.1) is 0 Å². The van der Waals surface area contributed by atoms with Gasteiger partial charge in [0, 0.05) is 6.54 Å². The molecule has 0 amide bonds. The van der Waals surface area contributed by atoms with Crippen LogP contribution in [0.25, 0.3) is 0 Å². The zero-order valence-electron chi connectivity index (χ0n) is 12.1. The van der Waals surface area contributed by atoms with Crippen molar-refractivity contribution >= 4 is 0 Å². The number of ether oxygens (including phenoxy) is 1. The third kappa shape index (κ3) is 3.50. The normalized spacial score (nSPS) is 17.8. The average molecular weight is 266 g/mol. The van der Waals surface area contributed by atoms with Gasteiger partial charge in [-0.1, -0.05) is 32.6 Å². The summed E-state index contributed by atoms with van der Waals surface area (Å²) in [7, 11) is 1.64. The highest BCUT2D eigenvalue weighted by atomic mass is 16.5. The van der Waals surface area contributed by atoms with Gasteiger partial charge in [0.2, 0.25) is 0 Å². The number of hydrogen-bond donors (Lipinski definition) is 1. The Kier molecular flexibility index (Phi) is 5.25. The first-order valence-electron chi connectivity index (χ1n) is 7.54. The van der Waals surface area contributed by atoms with Crippen molar-refractivity contribution in [3.63, 3.8) is 0 Å². The SMILES string of the molecule is CCCn1ncc(OC)c1C(O)CCC1CCCC1. The molecule has 1 aliphatic carbocycles. The van der Waals surface area contributed by atoms with Crippen LogP contribution in [0.2, 0.25) is 0 Å². The Balaban J connectivity index is 1.99. The number of aliphatic hydroxyl groups excluding tert-OH is 1. The van der Waals surface area contributed by atoms with Gasteiger partial charge in [-0.25, -0.2) is 0 Å². The Morgan fingerprint density at radius 2 is 2.21 bits per heavy atom. The summed E-state index contributed by atoms with van der Waals surface area (Å²) < 4.78 is 7.21. The number of aryl methyl sites for hydroxylation is 1. The van der Waals surface area contributed by atoms with Gasteiger partial charge in [0.15, 0.2) is 5.75 Å². The molecule has 0 saturated heterocycles. The van der Waals surface area contributed by atoms with E-state index < -0.39 is 6.10 Å². The fraction of sp³-hybridized carbons (Fsp3) is 0.800. The summed E-state index contributed by atoms with van der Waals surface area (Å²) in [6.45, 7) is 2.95. The fourth-order valence-corrected chi connectivity index (χ4v) is 3.09. The molecule has 1 atom stereocenters. The Hall–Kier alpha value is -1.03. The molecule has 1 unspecified atom stereocenters. The largest absolute Gasteiger partial charge is 0.493 e. The van der Waals surface area contributed by atoms with E-state index in [1.54, 1.807) is 13.3 Å². The molecule has 0 aromatic carbocycles. The molecule has 1 heterocycles. The number of rotatable bonds is 7. The van der Waals surface area contributed by atoms with E-state index >= 15 is 0 Å². The van der Waals surface area contributed by atoms with Crippen molar-refractivity contribution in [3.05, 3.63) is 11.9 Å². The minimum atomic E-state index is -0.454. The van der Waals surface area contributed by atoms with Crippen LogP contribution in [0.5, 0.6) is 5.75 Å². The van der Waals surface area contributed by atoms with Crippen molar-refractivity contribution in [2.24, 2.45) is 5.92 Å². The molecule has 4 nitrogen and oxygen atoms in total. The molecular formula is C15H26N2O2. The number of aliphatic hydroxyl groups is 1. The van der Waals surface area contributed by atoms with Crippen molar-refractivity contribution in [2.75, 3.05) is 7.11 Å². The van der Waals surface area contributed by atoms with Crippen molar-refractivity contribution in [1.82, 2.24) is 9.78 Å². The minimum Gasteiger partial charge on any atom is -0.493 e. The standard InChI is InChI=1S/C15H26N2O2/c1-3-10-17-15(14(19-2)11-16-17)13(18)9-8-12-6-4-5-7-12/h11-13,18H,3-10H2,1-2H3. The second-order valence-corrected chi connectivity index (χ2v) is 5.56. The first kappa shape index (κ1) is 14.4. The van der Waals surface area contributed by atoms with Gasteiger partial charge in [-0.3, -0.25) is 4.68 Å². The molecule has 108 valence electrons. The van der Waals surface area contributed by atoms with Gasteiger partial charge in [-0.05, 0) is 25.2 Å². The molecular weight excluding hydrogens is 240 g/mol. The molecule has 1 fully saturated rings. The van der Waals surface area contributed by atoms with E-state index in [2.05, 4.69) is 12.0 Å². The van der Waals surface area contributed by atoms with Crippen LogP contribution in [-0.4, -0.2) is 22.0 Å². The molecule has 0 spiro atoms. The Labute approximate surface area is 115 Å². The van der Waals surface area contributed by atoms with Crippen LogP contribution < -0.4 is 4.74 Å². The summed E-state index contributed by atoms with van der Waals surface area (Å²) in [4.78, 5) is 0. The lowest BCUT2D eigenvalue weighted by Crippen LogP contribution is -2.11. The quantitative estimate of drug-likeness (QED) is 0.823. The van der Waals surface area contributed by atoms with Crippen LogP contribution in [0.3, 0.4) is 0 Å². The van der Waals surface area contributed by atoms with Crippen LogP contribution in [0.4, 0.5) is 0 Å². The highest BCUT2D eigenvalue weighted by Gasteiger charge is 2.22. The zero-order valence-corrected chi connectivity index (χ0v) is 12.1. The van der Waals surface area contributed by atoms with Crippen molar-refractivity contribution in [2.45, 2.75) is 64.5 Å². The second-order valence-electron chi connectivity index (χ2n) is 5.56. The topological polar surface area (TPSA) is 47.3 Å². The lowest BCUT2D eigenvalue weighted by Gasteiger charge is -2.16. The minimum absolute atomic E-state index is 0.454. The van der Waals surface area contributed by atoms with E-state index in [1.165, 1.54) is 25.7 Å². The monoisotopic (exact) mass is 266 g/mol. The van der Waals surface area contributed by atoms with Gasteiger partial charge in [0.1, 0.15) is 5.69 Å². The first-order valence-corrected chi connectivity index (χ1v) is 7.54. The van der Waals surface area contributed by atoms with E-state index in [9.17, 15) is 5.11 Å². The molecule has 1 N–H and O–H groups in total. The van der Waals surface area contributed by atoms with Gasteiger partial charge in [0.25, 0.3) is 0 Å². The molecule has 0 aliphatic heterocycles. The van der Waals surface area contributed by atoms with E-state index in [-0.39, 0.29) is 0 Å². The average Bonchev–Trinajstić information content (AvgIpc) is 3.05. The van der Waals surface area contributed by atoms with Gasteiger partial charge < -0.3 is 9.84 Å². The lowest BCUT2D eigenvalue weighted by atomic mass is 9.98. The smallest absolute Gasteiger partial charge is 0.162 e. The molecule has 0 bridgehead atoms. The number of nitrogens with zero attached hydrogens (tertiary/aromatic N) is 2. The Morgan fingerprint density at radius 1 is 1.47 bits per heavy atom. The molecule has 1 aliphatic rings. The maximum absolute atomic E-state index is 10.4. The molecule has 1 aromatic heterocycles. The van der Waals surface area contributed by atoms with Gasteiger partial charge >= 0.3 is 0 Å². The maximum atomic E-state index is 10.4. The number of hydrogen-bond acceptors (Lipinski definition) is 3. The predicted molar refractivity (Wildman–Crippen MR) is 75.2 cm³/mol. The van der Waals surface area contributed by atoms with E-state index in [0.717, 1.165) is 37.4 Å². The van der Waals surface area contributed by atoms with Crippen molar-refractivity contribution in [1.29, 1.82) is 0 Å². The third-order valence-corrected chi connectivity index (χ3v) is 4.14. The summed E-state index contributed by atoms with van der Waals surface area (Å²) in [6, 6.07) is 0. The lowest BCUT2D eigenvalue weighted by molar-refractivity contribution is 0.142. The first-order chi connectivity index (χ1) is 9.26. The van der Waals surface area contributed by atoms with Gasteiger partial charge in [0.05, 0.1) is 19.4 Å². The van der Waals surface area contributed by atoms with E-state index in [1.807, 2.05) is 4.68 Å². The maximum Gasteiger partial charge on any atom is 0.162 e. The third-order valence-electron chi connectivity index (χ3n) is 4.14. The Morgan fingerprint density at radius 3 is 2.84 bits per heavy atom. The summed E-state index contributed by atoms with van der Waals surface area (Å²) in [5, 5.41) is 14.8. The van der Waals surface area contributed by atoms with Crippen LogP contribution in [-0.2, 0) is 6.54 Å².